The molecule has 0 fully saturated rings. The van der Waals surface area contributed by atoms with Gasteiger partial charge in [-0.25, -0.2) is 8.42 Å². The predicted octanol–water partition coefficient (Wildman–Crippen LogP) is 1.86. The van der Waals surface area contributed by atoms with E-state index >= 15 is 0 Å². The van der Waals surface area contributed by atoms with E-state index in [2.05, 4.69) is 14.3 Å². The molecule has 0 aliphatic rings. The van der Waals surface area contributed by atoms with Crippen molar-refractivity contribution in [1.29, 1.82) is 0 Å². The van der Waals surface area contributed by atoms with Gasteiger partial charge in [0.2, 0.25) is 0 Å². The fourth-order valence-electron chi connectivity index (χ4n) is 1.44. The first-order valence-corrected chi connectivity index (χ1v) is 7.10. The van der Waals surface area contributed by atoms with Gasteiger partial charge in [0, 0.05) is 5.38 Å². The van der Waals surface area contributed by atoms with Gasteiger partial charge in [0.05, 0.1) is 11.4 Å². The summed E-state index contributed by atoms with van der Waals surface area (Å²) in [5.41, 5.74) is 1.47. The average Bonchev–Trinajstić information content (AvgIpc) is 2.74. The molecule has 0 spiro atoms. The van der Waals surface area contributed by atoms with Crippen LogP contribution >= 0.6 is 11.5 Å². The fourth-order valence-corrected chi connectivity index (χ4v) is 3.60. The molecule has 17 heavy (non-hydrogen) atoms. The molecule has 0 aromatic carbocycles. The summed E-state index contributed by atoms with van der Waals surface area (Å²) < 4.78 is 35.6. The second kappa shape index (κ2) is 4.11. The smallest absolute Gasteiger partial charge is 0.267 e. The summed E-state index contributed by atoms with van der Waals surface area (Å²) >= 11 is 1.20. The van der Waals surface area contributed by atoms with Gasteiger partial charge in [-0.2, -0.15) is 4.37 Å². The molecule has 0 aliphatic carbocycles. The Balaban J connectivity index is 2.42. The summed E-state index contributed by atoms with van der Waals surface area (Å²) in [6, 6.07) is 0. The lowest BCUT2D eigenvalue weighted by atomic mass is 10.4. The summed E-state index contributed by atoms with van der Waals surface area (Å²) in [6.07, 6.45) is 0. The minimum absolute atomic E-state index is 0.0862. The third-order valence-electron chi connectivity index (χ3n) is 2.23. The number of sulfonamides is 1. The molecule has 2 rings (SSSR count). The first kappa shape index (κ1) is 12.1. The number of nitrogens with one attached hydrogen (secondary N) is 1. The van der Waals surface area contributed by atoms with Crippen LogP contribution in [-0.2, 0) is 10.0 Å². The molecule has 6 nitrogen and oxygen atoms in total. The van der Waals surface area contributed by atoms with Crippen LogP contribution in [0.1, 0.15) is 17.1 Å². The molecule has 0 unspecified atom stereocenters. The van der Waals surface area contributed by atoms with Crippen LogP contribution in [0.25, 0.3) is 0 Å². The largest absolute Gasteiger partial charge is 0.360 e. The lowest BCUT2D eigenvalue weighted by molar-refractivity contribution is 0.390. The van der Waals surface area contributed by atoms with Gasteiger partial charge in [0.1, 0.15) is 5.69 Å². The first-order chi connectivity index (χ1) is 7.92. The highest BCUT2D eigenvalue weighted by Crippen LogP contribution is 2.24. The van der Waals surface area contributed by atoms with Crippen molar-refractivity contribution in [2.75, 3.05) is 4.72 Å². The molecular weight excluding hydrogens is 262 g/mol. The Morgan fingerprint density at radius 1 is 1.29 bits per heavy atom. The van der Waals surface area contributed by atoms with Crippen molar-refractivity contribution in [2.24, 2.45) is 0 Å². The van der Waals surface area contributed by atoms with Gasteiger partial charge in [0.15, 0.2) is 10.7 Å². The molecule has 0 radical (unpaired) electrons. The first-order valence-electron chi connectivity index (χ1n) is 4.78. The highest BCUT2D eigenvalue weighted by molar-refractivity contribution is 7.92. The molecule has 2 heterocycles. The molecule has 8 heteroatoms. The minimum Gasteiger partial charge on any atom is -0.360 e. The number of hydrogen-bond donors (Lipinski definition) is 1. The van der Waals surface area contributed by atoms with Crippen LogP contribution in [0.5, 0.6) is 0 Å². The SMILES string of the molecule is Cc1nscc1NS(=O)(=O)c1c(C)noc1C. The van der Waals surface area contributed by atoms with E-state index in [4.69, 9.17) is 4.52 Å². The quantitative estimate of drug-likeness (QED) is 0.922. The van der Waals surface area contributed by atoms with Crippen LogP contribution < -0.4 is 4.72 Å². The fraction of sp³-hybridized carbons (Fsp3) is 0.333. The van der Waals surface area contributed by atoms with Crippen molar-refractivity contribution in [3.63, 3.8) is 0 Å². The van der Waals surface area contributed by atoms with Gasteiger partial charge in [-0.1, -0.05) is 5.16 Å². The van der Waals surface area contributed by atoms with E-state index in [1.54, 1.807) is 26.2 Å². The van der Waals surface area contributed by atoms with Crippen LogP contribution in [0, 0.1) is 20.8 Å². The molecular formula is C9H11N3O3S2. The van der Waals surface area contributed by atoms with E-state index in [0.29, 0.717) is 17.1 Å². The summed E-state index contributed by atoms with van der Waals surface area (Å²) in [4.78, 5) is 0.0862. The van der Waals surface area contributed by atoms with Gasteiger partial charge in [-0.15, -0.1) is 0 Å². The molecule has 92 valence electrons. The van der Waals surface area contributed by atoms with Crippen LogP contribution in [0.15, 0.2) is 14.8 Å². The highest BCUT2D eigenvalue weighted by atomic mass is 32.2. The summed E-state index contributed by atoms with van der Waals surface area (Å²) in [5, 5.41) is 5.27. The molecule has 1 N–H and O–H groups in total. The number of anilines is 1. The predicted molar refractivity (Wildman–Crippen MR) is 63.6 cm³/mol. The van der Waals surface area contributed by atoms with Gasteiger partial charge in [0.25, 0.3) is 10.0 Å². The zero-order chi connectivity index (χ0) is 12.6. The molecule has 2 aromatic rings. The maximum absolute atomic E-state index is 12.1. The summed E-state index contributed by atoms with van der Waals surface area (Å²) in [5.74, 6) is 0.274. The van der Waals surface area contributed by atoms with E-state index in [1.165, 1.54) is 11.5 Å². The molecule has 0 atom stereocenters. The Labute approximate surface area is 103 Å². The van der Waals surface area contributed by atoms with Crippen LogP contribution in [0.2, 0.25) is 0 Å². The Morgan fingerprint density at radius 3 is 2.47 bits per heavy atom. The zero-order valence-corrected chi connectivity index (χ0v) is 11.1. The average molecular weight is 273 g/mol. The standard InChI is InChI=1S/C9H11N3O3S2/c1-5-8(4-16-11-5)12-17(13,14)9-6(2)10-15-7(9)3/h4,12H,1-3H3. The lowest BCUT2D eigenvalue weighted by Gasteiger charge is -2.05. The third kappa shape index (κ3) is 2.18. The van der Waals surface area contributed by atoms with Crippen LogP contribution in [0.4, 0.5) is 5.69 Å². The molecule has 0 saturated heterocycles. The number of rotatable bonds is 3. The van der Waals surface area contributed by atoms with E-state index in [-0.39, 0.29) is 10.7 Å². The van der Waals surface area contributed by atoms with E-state index < -0.39 is 10.0 Å². The van der Waals surface area contributed by atoms with Crippen molar-refractivity contribution in [1.82, 2.24) is 9.53 Å². The second-order valence-electron chi connectivity index (χ2n) is 3.57. The molecule has 2 aromatic heterocycles. The maximum atomic E-state index is 12.1. The van der Waals surface area contributed by atoms with E-state index in [1.807, 2.05) is 0 Å². The maximum Gasteiger partial charge on any atom is 0.267 e. The Hall–Kier alpha value is -1.41. The van der Waals surface area contributed by atoms with Crippen LogP contribution in [-0.4, -0.2) is 17.9 Å². The molecule has 0 aliphatic heterocycles. The molecule has 0 amide bonds. The topological polar surface area (TPSA) is 85.1 Å². The number of aryl methyl sites for hydroxylation is 3. The lowest BCUT2D eigenvalue weighted by Crippen LogP contribution is -2.14. The molecule has 0 saturated carbocycles. The normalized spacial score (nSPS) is 11.7. The van der Waals surface area contributed by atoms with Gasteiger partial charge < -0.3 is 4.52 Å². The van der Waals surface area contributed by atoms with Crippen molar-refractivity contribution in [3.8, 4) is 0 Å². The summed E-state index contributed by atoms with van der Waals surface area (Å²) in [7, 11) is -3.66. The van der Waals surface area contributed by atoms with Crippen molar-refractivity contribution < 1.29 is 12.9 Å². The third-order valence-corrected chi connectivity index (χ3v) is 4.56. The second-order valence-corrected chi connectivity index (χ2v) is 5.82. The van der Waals surface area contributed by atoms with E-state index in [9.17, 15) is 8.42 Å². The van der Waals surface area contributed by atoms with Crippen molar-refractivity contribution >= 4 is 27.2 Å². The highest BCUT2D eigenvalue weighted by Gasteiger charge is 2.25. The Bertz CT molecular complexity index is 623. The monoisotopic (exact) mass is 273 g/mol. The Morgan fingerprint density at radius 2 is 2.00 bits per heavy atom. The Kier molecular flexibility index (Phi) is 2.92. The zero-order valence-electron chi connectivity index (χ0n) is 9.51. The summed E-state index contributed by atoms with van der Waals surface area (Å²) in [6.45, 7) is 4.89. The van der Waals surface area contributed by atoms with Gasteiger partial charge >= 0.3 is 0 Å². The van der Waals surface area contributed by atoms with Gasteiger partial charge in [-0.05, 0) is 32.3 Å². The minimum atomic E-state index is -3.66. The van der Waals surface area contributed by atoms with Crippen LogP contribution in [0.3, 0.4) is 0 Å². The molecule has 0 bridgehead atoms. The van der Waals surface area contributed by atoms with Crippen molar-refractivity contribution in [3.05, 3.63) is 22.5 Å². The van der Waals surface area contributed by atoms with Crippen molar-refractivity contribution in [2.45, 2.75) is 25.7 Å². The number of aromatic nitrogens is 2. The van der Waals surface area contributed by atoms with E-state index in [0.717, 1.165) is 0 Å². The number of nitrogens with zero attached hydrogens (tertiary/aromatic N) is 2. The number of hydrogen-bond acceptors (Lipinski definition) is 6. The van der Waals surface area contributed by atoms with Gasteiger partial charge in [-0.3, -0.25) is 4.72 Å².